The van der Waals surface area contributed by atoms with Crippen molar-refractivity contribution in [1.82, 2.24) is 0 Å². The van der Waals surface area contributed by atoms with Crippen LogP contribution in [0.4, 0.5) is 8.78 Å². The van der Waals surface area contributed by atoms with Gasteiger partial charge in [0.1, 0.15) is 11.4 Å². The Morgan fingerprint density at radius 1 is 1.29 bits per heavy atom. The van der Waals surface area contributed by atoms with Crippen LogP contribution in [0.15, 0.2) is 24.3 Å². The molecule has 0 N–H and O–H groups in total. The van der Waals surface area contributed by atoms with Crippen LogP contribution in [0, 0.1) is 0 Å². The molecule has 94 valence electrons. The molecule has 0 heterocycles. The lowest BCUT2D eigenvalue weighted by Crippen LogP contribution is -2.23. The van der Waals surface area contributed by atoms with Crippen molar-refractivity contribution < 1.29 is 23.0 Å². The third-order valence-electron chi connectivity index (χ3n) is 1.69. The molecular weight excluding hydrogens is 230 g/mol. The molecule has 0 spiro atoms. The van der Waals surface area contributed by atoms with Gasteiger partial charge < -0.3 is 9.47 Å². The molecule has 0 aliphatic heterocycles. The Balaban J connectivity index is 2.81. The van der Waals surface area contributed by atoms with Gasteiger partial charge in [-0.3, -0.25) is 0 Å². The van der Waals surface area contributed by atoms with Gasteiger partial charge in [-0.1, -0.05) is 6.07 Å². The van der Waals surface area contributed by atoms with E-state index in [1.807, 2.05) is 0 Å². The molecule has 0 unspecified atom stereocenters. The number of rotatable bonds is 3. The summed E-state index contributed by atoms with van der Waals surface area (Å²) in [6, 6.07) is 5.50. The van der Waals surface area contributed by atoms with Crippen molar-refractivity contribution in [3.05, 3.63) is 29.8 Å². The molecule has 1 aromatic rings. The molecule has 0 atom stereocenters. The Labute approximate surface area is 98.3 Å². The molecule has 0 fully saturated rings. The maximum atomic E-state index is 12.0. The van der Waals surface area contributed by atoms with Crippen LogP contribution in [0.5, 0.6) is 5.75 Å². The van der Waals surface area contributed by atoms with E-state index in [2.05, 4.69) is 4.74 Å². The van der Waals surface area contributed by atoms with Crippen LogP contribution in [-0.4, -0.2) is 18.2 Å². The molecule has 0 aliphatic carbocycles. The van der Waals surface area contributed by atoms with Crippen molar-refractivity contribution >= 4 is 5.97 Å². The molecule has 17 heavy (non-hydrogen) atoms. The van der Waals surface area contributed by atoms with Crippen molar-refractivity contribution in [1.29, 1.82) is 0 Å². The van der Waals surface area contributed by atoms with Crippen LogP contribution in [0.2, 0.25) is 0 Å². The van der Waals surface area contributed by atoms with Gasteiger partial charge in [0.25, 0.3) is 0 Å². The summed E-state index contributed by atoms with van der Waals surface area (Å²) in [5, 5.41) is 0. The summed E-state index contributed by atoms with van der Waals surface area (Å²) >= 11 is 0. The molecule has 1 rings (SSSR count). The third-order valence-corrected chi connectivity index (χ3v) is 1.69. The maximum Gasteiger partial charge on any atom is 0.387 e. The Hall–Kier alpha value is -1.65. The molecule has 1 aromatic carbocycles. The van der Waals surface area contributed by atoms with E-state index < -0.39 is 18.2 Å². The minimum Gasteiger partial charge on any atom is -0.456 e. The molecule has 0 aliphatic rings. The molecule has 0 radical (unpaired) electrons. The number of carbonyl (C=O) groups is 1. The molecule has 0 saturated heterocycles. The second-order valence-corrected chi connectivity index (χ2v) is 4.41. The van der Waals surface area contributed by atoms with Crippen molar-refractivity contribution in [2.45, 2.75) is 33.0 Å². The molecular formula is C12H14F2O3. The first-order valence-corrected chi connectivity index (χ1v) is 5.06. The van der Waals surface area contributed by atoms with Crippen LogP contribution in [0.3, 0.4) is 0 Å². The van der Waals surface area contributed by atoms with Crippen LogP contribution >= 0.6 is 0 Å². The van der Waals surface area contributed by atoms with Gasteiger partial charge in [0.05, 0.1) is 5.56 Å². The van der Waals surface area contributed by atoms with Gasteiger partial charge in [0.15, 0.2) is 0 Å². The highest BCUT2D eigenvalue weighted by Gasteiger charge is 2.18. The predicted octanol–water partition coefficient (Wildman–Crippen LogP) is 3.24. The fourth-order valence-corrected chi connectivity index (χ4v) is 1.14. The standard InChI is InChI=1S/C12H14F2O3/c1-12(2,3)17-10(15)8-5-4-6-9(7-8)16-11(13)14/h4-7,11H,1-3H3. The van der Waals surface area contributed by atoms with Crippen molar-refractivity contribution in [3.63, 3.8) is 0 Å². The minimum atomic E-state index is -2.91. The average molecular weight is 244 g/mol. The molecule has 0 bridgehead atoms. The number of hydrogen-bond acceptors (Lipinski definition) is 3. The van der Waals surface area contributed by atoms with E-state index in [0.717, 1.165) is 0 Å². The number of benzene rings is 1. The average Bonchev–Trinajstić information content (AvgIpc) is 2.14. The highest BCUT2D eigenvalue weighted by atomic mass is 19.3. The molecule has 0 amide bonds. The summed E-state index contributed by atoms with van der Waals surface area (Å²) in [7, 11) is 0. The molecule has 3 nitrogen and oxygen atoms in total. The Morgan fingerprint density at radius 2 is 1.94 bits per heavy atom. The highest BCUT2D eigenvalue weighted by molar-refractivity contribution is 5.90. The highest BCUT2D eigenvalue weighted by Crippen LogP contribution is 2.18. The largest absolute Gasteiger partial charge is 0.456 e. The summed E-state index contributed by atoms with van der Waals surface area (Å²) < 4.78 is 33.3. The van der Waals surface area contributed by atoms with E-state index in [4.69, 9.17) is 4.74 Å². The van der Waals surface area contributed by atoms with Crippen molar-refractivity contribution in [2.75, 3.05) is 0 Å². The van der Waals surface area contributed by atoms with E-state index in [1.54, 1.807) is 20.8 Å². The quantitative estimate of drug-likeness (QED) is 0.766. The lowest BCUT2D eigenvalue weighted by atomic mass is 10.1. The SMILES string of the molecule is CC(C)(C)OC(=O)c1cccc(OC(F)F)c1. The Morgan fingerprint density at radius 3 is 2.47 bits per heavy atom. The van der Waals surface area contributed by atoms with Crippen LogP contribution < -0.4 is 4.74 Å². The second kappa shape index (κ2) is 5.12. The van der Waals surface area contributed by atoms with Crippen LogP contribution in [-0.2, 0) is 4.74 Å². The van der Waals surface area contributed by atoms with Crippen LogP contribution in [0.1, 0.15) is 31.1 Å². The van der Waals surface area contributed by atoms with E-state index in [-0.39, 0.29) is 11.3 Å². The molecule has 5 heteroatoms. The zero-order valence-electron chi connectivity index (χ0n) is 9.87. The first-order chi connectivity index (χ1) is 7.78. The smallest absolute Gasteiger partial charge is 0.387 e. The van der Waals surface area contributed by atoms with Gasteiger partial charge >= 0.3 is 12.6 Å². The minimum absolute atomic E-state index is 0.0663. The second-order valence-electron chi connectivity index (χ2n) is 4.41. The molecule has 0 aromatic heterocycles. The number of hydrogen-bond donors (Lipinski definition) is 0. The predicted molar refractivity (Wildman–Crippen MR) is 58.2 cm³/mol. The van der Waals surface area contributed by atoms with Gasteiger partial charge in [-0.25, -0.2) is 4.79 Å². The summed E-state index contributed by atoms with van der Waals surface area (Å²) in [5.41, 5.74) is -0.450. The fourth-order valence-electron chi connectivity index (χ4n) is 1.14. The van der Waals surface area contributed by atoms with Gasteiger partial charge in [0, 0.05) is 0 Å². The van der Waals surface area contributed by atoms with Crippen molar-refractivity contribution in [2.24, 2.45) is 0 Å². The number of alkyl halides is 2. The topological polar surface area (TPSA) is 35.5 Å². The van der Waals surface area contributed by atoms with Gasteiger partial charge in [-0.2, -0.15) is 8.78 Å². The third kappa shape index (κ3) is 4.80. The zero-order chi connectivity index (χ0) is 13.1. The monoisotopic (exact) mass is 244 g/mol. The Kier molecular flexibility index (Phi) is 4.04. The fraction of sp³-hybridized carbons (Fsp3) is 0.417. The number of esters is 1. The summed E-state index contributed by atoms with van der Waals surface area (Å²) in [6.45, 7) is 2.27. The normalized spacial score (nSPS) is 11.4. The summed E-state index contributed by atoms with van der Waals surface area (Å²) in [6.07, 6.45) is 0. The lowest BCUT2D eigenvalue weighted by molar-refractivity contribution is -0.0500. The van der Waals surface area contributed by atoms with Gasteiger partial charge in [-0.15, -0.1) is 0 Å². The number of ether oxygens (including phenoxy) is 2. The number of halogens is 2. The lowest BCUT2D eigenvalue weighted by Gasteiger charge is -2.19. The summed E-state index contributed by atoms with van der Waals surface area (Å²) in [4.78, 5) is 11.6. The van der Waals surface area contributed by atoms with E-state index in [9.17, 15) is 13.6 Å². The van der Waals surface area contributed by atoms with Gasteiger partial charge in [0.2, 0.25) is 0 Å². The van der Waals surface area contributed by atoms with E-state index in [0.29, 0.717) is 0 Å². The van der Waals surface area contributed by atoms with Gasteiger partial charge in [-0.05, 0) is 39.0 Å². The Bertz CT molecular complexity index is 397. The summed E-state index contributed by atoms with van der Waals surface area (Å²) in [5.74, 6) is -0.638. The van der Waals surface area contributed by atoms with Crippen molar-refractivity contribution in [3.8, 4) is 5.75 Å². The van der Waals surface area contributed by atoms with Crippen LogP contribution in [0.25, 0.3) is 0 Å². The van der Waals surface area contributed by atoms with E-state index >= 15 is 0 Å². The first kappa shape index (κ1) is 13.4. The van der Waals surface area contributed by atoms with E-state index in [1.165, 1.54) is 24.3 Å². The molecule has 0 saturated carbocycles. The zero-order valence-corrected chi connectivity index (χ0v) is 9.87. The number of carbonyl (C=O) groups excluding carboxylic acids is 1. The first-order valence-electron chi connectivity index (χ1n) is 5.06. The maximum absolute atomic E-state index is 12.0.